The third-order valence-corrected chi connectivity index (χ3v) is 2.82. The number of rotatable bonds is 3. The maximum Gasteiger partial charge on any atom is 0.231 e. The molecule has 2 aromatic rings. The molecule has 0 bridgehead atoms. The number of fused-ring (bicyclic) bond motifs is 1. The van der Waals surface area contributed by atoms with Crippen molar-refractivity contribution in [2.45, 2.75) is 6.10 Å². The SMILES string of the molecule is NCC(O)c1ncc(-c2ccc3c(c2)OCO3)[nH]1. The number of hydrogen-bond donors (Lipinski definition) is 3. The van der Waals surface area contributed by atoms with Crippen molar-refractivity contribution >= 4 is 0 Å². The van der Waals surface area contributed by atoms with Crippen LogP contribution in [0, 0.1) is 0 Å². The molecule has 1 aromatic heterocycles. The summed E-state index contributed by atoms with van der Waals surface area (Å²) in [6.07, 6.45) is 0.888. The van der Waals surface area contributed by atoms with Crippen LogP contribution in [-0.2, 0) is 0 Å². The normalized spacial score (nSPS) is 14.8. The first-order chi connectivity index (χ1) is 8.78. The Kier molecular flexibility index (Phi) is 2.66. The van der Waals surface area contributed by atoms with Gasteiger partial charge in [-0.1, -0.05) is 0 Å². The van der Waals surface area contributed by atoms with Gasteiger partial charge in [0, 0.05) is 12.1 Å². The molecule has 3 rings (SSSR count). The minimum absolute atomic E-state index is 0.133. The number of aliphatic hydroxyl groups is 1. The Morgan fingerprint density at radius 3 is 3.06 bits per heavy atom. The second-order valence-electron chi connectivity index (χ2n) is 4.00. The van der Waals surface area contributed by atoms with Gasteiger partial charge in [0.15, 0.2) is 11.5 Å². The molecule has 2 heterocycles. The predicted octanol–water partition coefficient (Wildman–Crippen LogP) is 0.797. The summed E-state index contributed by atoms with van der Waals surface area (Å²) in [7, 11) is 0. The first kappa shape index (κ1) is 11.1. The van der Waals surface area contributed by atoms with Gasteiger partial charge in [-0.3, -0.25) is 0 Å². The number of H-pyrrole nitrogens is 1. The van der Waals surface area contributed by atoms with Gasteiger partial charge >= 0.3 is 0 Å². The minimum atomic E-state index is -0.771. The minimum Gasteiger partial charge on any atom is -0.454 e. The van der Waals surface area contributed by atoms with E-state index in [4.69, 9.17) is 15.2 Å². The van der Waals surface area contributed by atoms with Gasteiger partial charge in [-0.2, -0.15) is 0 Å². The van der Waals surface area contributed by atoms with Gasteiger partial charge in [0.2, 0.25) is 6.79 Å². The molecule has 94 valence electrons. The Bertz CT molecular complexity index is 567. The van der Waals surface area contributed by atoms with Gasteiger partial charge in [0.05, 0.1) is 11.9 Å². The molecule has 6 heteroatoms. The van der Waals surface area contributed by atoms with E-state index >= 15 is 0 Å². The summed E-state index contributed by atoms with van der Waals surface area (Å²) in [6, 6.07) is 5.62. The average Bonchev–Trinajstić information content (AvgIpc) is 3.05. The number of nitrogens with one attached hydrogen (secondary N) is 1. The number of nitrogens with two attached hydrogens (primary N) is 1. The zero-order valence-corrected chi connectivity index (χ0v) is 9.59. The highest BCUT2D eigenvalue weighted by Gasteiger charge is 2.15. The zero-order chi connectivity index (χ0) is 12.5. The summed E-state index contributed by atoms with van der Waals surface area (Å²) in [6.45, 7) is 0.382. The van der Waals surface area contributed by atoms with Crippen molar-refractivity contribution < 1.29 is 14.6 Å². The Labute approximate surface area is 103 Å². The van der Waals surface area contributed by atoms with Crippen LogP contribution in [0.2, 0.25) is 0 Å². The van der Waals surface area contributed by atoms with Crippen molar-refractivity contribution in [3.63, 3.8) is 0 Å². The molecule has 18 heavy (non-hydrogen) atoms. The molecule has 0 fully saturated rings. The molecule has 1 aliphatic heterocycles. The Hall–Kier alpha value is -2.05. The van der Waals surface area contributed by atoms with E-state index in [1.54, 1.807) is 6.20 Å². The highest BCUT2D eigenvalue weighted by Crippen LogP contribution is 2.35. The number of benzene rings is 1. The van der Waals surface area contributed by atoms with Gasteiger partial charge in [-0.05, 0) is 18.2 Å². The summed E-state index contributed by atoms with van der Waals surface area (Å²) < 4.78 is 10.6. The van der Waals surface area contributed by atoms with Crippen molar-refractivity contribution in [1.29, 1.82) is 0 Å². The van der Waals surface area contributed by atoms with Crippen molar-refractivity contribution in [1.82, 2.24) is 9.97 Å². The molecular weight excluding hydrogens is 234 g/mol. The quantitative estimate of drug-likeness (QED) is 0.745. The van der Waals surface area contributed by atoms with Crippen LogP contribution in [0.25, 0.3) is 11.3 Å². The van der Waals surface area contributed by atoms with Gasteiger partial charge < -0.3 is 25.3 Å². The third-order valence-electron chi connectivity index (χ3n) is 2.82. The highest BCUT2D eigenvalue weighted by atomic mass is 16.7. The molecule has 0 saturated heterocycles. The number of imidazole rings is 1. The molecule has 0 saturated carbocycles. The average molecular weight is 247 g/mol. The van der Waals surface area contributed by atoms with Crippen molar-refractivity contribution in [2.75, 3.05) is 13.3 Å². The van der Waals surface area contributed by atoms with Gasteiger partial charge in [-0.15, -0.1) is 0 Å². The molecule has 0 amide bonds. The summed E-state index contributed by atoms with van der Waals surface area (Å²) in [4.78, 5) is 7.13. The monoisotopic (exact) mass is 247 g/mol. The number of aromatic amines is 1. The van der Waals surface area contributed by atoms with Crippen LogP contribution >= 0.6 is 0 Å². The van der Waals surface area contributed by atoms with Crippen LogP contribution in [-0.4, -0.2) is 28.4 Å². The van der Waals surface area contributed by atoms with E-state index in [2.05, 4.69) is 9.97 Å². The predicted molar refractivity (Wildman–Crippen MR) is 64.2 cm³/mol. The Morgan fingerprint density at radius 2 is 2.22 bits per heavy atom. The Morgan fingerprint density at radius 1 is 1.39 bits per heavy atom. The fourth-order valence-corrected chi connectivity index (χ4v) is 1.83. The molecule has 0 aliphatic carbocycles. The summed E-state index contributed by atoms with van der Waals surface area (Å²) in [5.74, 6) is 1.91. The summed E-state index contributed by atoms with van der Waals surface area (Å²) in [5, 5.41) is 9.58. The molecule has 6 nitrogen and oxygen atoms in total. The standard InChI is InChI=1S/C12H13N3O3/c13-4-9(16)12-14-5-8(15-12)7-1-2-10-11(3-7)18-6-17-10/h1-3,5,9,16H,4,6,13H2,(H,14,15). The lowest BCUT2D eigenvalue weighted by Crippen LogP contribution is -2.12. The van der Waals surface area contributed by atoms with E-state index in [9.17, 15) is 5.11 Å². The van der Waals surface area contributed by atoms with E-state index < -0.39 is 6.10 Å². The van der Waals surface area contributed by atoms with Crippen LogP contribution in [0.1, 0.15) is 11.9 Å². The molecule has 1 aliphatic rings. The van der Waals surface area contributed by atoms with E-state index in [0.717, 1.165) is 17.0 Å². The van der Waals surface area contributed by atoms with Gasteiger partial charge in [-0.25, -0.2) is 4.98 Å². The van der Waals surface area contributed by atoms with Crippen molar-refractivity contribution in [2.24, 2.45) is 5.73 Å². The molecule has 0 spiro atoms. The lowest BCUT2D eigenvalue weighted by Gasteiger charge is -2.03. The lowest BCUT2D eigenvalue weighted by atomic mass is 10.1. The fraction of sp³-hybridized carbons (Fsp3) is 0.250. The zero-order valence-electron chi connectivity index (χ0n) is 9.59. The maximum atomic E-state index is 9.58. The molecule has 1 unspecified atom stereocenters. The smallest absolute Gasteiger partial charge is 0.231 e. The summed E-state index contributed by atoms with van der Waals surface area (Å²) in [5.41, 5.74) is 7.10. The number of aliphatic hydroxyl groups excluding tert-OH is 1. The third kappa shape index (κ3) is 1.81. The summed E-state index contributed by atoms with van der Waals surface area (Å²) >= 11 is 0. The van der Waals surface area contributed by atoms with Crippen LogP contribution in [0.5, 0.6) is 11.5 Å². The second kappa shape index (κ2) is 4.32. The maximum absolute atomic E-state index is 9.58. The number of hydrogen-bond acceptors (Lipinski definition) is 5. The van der Waals surface area contributed by atoms with E-state index in [-0.39, 0.29) is 13.3 Å². The first-order valence-corrected chi connectivity index (χ1v) is 5.61. The molecule has 0 radical (unpaired) electrons. The molecular formula is C12H13N3O3. The van der Waals surface area contributed by atoms with E-state index in [1.807, 2.05) is 18.2 Å². The highest BCUT2D eigenvalue weighted by molar-refractivity contribution is 5.64. The lowest BCUT2D eigenvalue weighted by molar-refractivity contribution is 0.174. The van der Waals surface area contributed by atoms with Gasteiger partial charge in [0.25, 0.3) is 0 Å². The van der Waals surface area contributed by atoms with Crippen molar-refractivity contribution in [3.8, 4) is 22.8 Å². The molecule has 1 aromatic carbocycles. The van der Waals surface area contributed by atoms with E-state index in [0.29, 0.717) is 11.6 Å². The number of nitrogens with zero attached hydrogens (tertiary/aromatic N) is 1. The first-order valence-electron chi connectivity index (χ1n) is 5.61. The van der Waals surface area contributed by atoms with Crippen molar-refractivity contribution in [3.05, 3.63) is 30.2 Å². The largest absolute Gasteiger partial charge is 0.454 e. The van der Waals surface area contributed by atoms with Crippen LogP contribution < -0.4 is 15.2 Å². The van der Waals surface area contributed by atoms with Crippen LogP contribution in [0.4, 0.5) is 0 Å². The van der Waals surface area contributed by atoms with Crippen LogP contribution in [0.3, 0.4) is 0 Å². The van der Waals surface area contributed by atoms with Gasteiger partial charge in [0.1, 0.15) is 11.9 Å². The van der Waals surface area contributed by atoms with E-state index in [1.165, 1.54) is 0 Å². The molecule has 4 N–H and O–H groups in total. The number of aromatic nitrogens is 2. The van der Waals surface area contributed by atoms with Crippen LogP contribution in [0.15, 0.2) is 24.4 Å². The topological polar surface area (TPSA) is 93.4 Å². The second-order valence-corrected chi connectivity index (χ2v) is 4.00. The molecule has 1 atom stereocenters. The number of ether oxygens (including phenoxy) is 2. The Balaban J connectivity index is 1.92. The fourth-order valence-electron chi connectivity index (χ4n) is 1.83.